The van der Waals surface area contributed by atoms with E-state index in [0.717, 1.165) is 0 Å². The summed E-state index contributed by atoms with van der Waals surface area (Å²) in [5.41, 5.74) is 0. The van der Waals surface area contributed by atoms with Gasteiger partial charge in [-0.1, -0.05) is 13.8 Å². The third-order valence-electron chi connectivity index (χ3n) is 2.96. The van der Waals surface area contributed by atoms with Crippen molar-refractivity contribution in [1.29, 1.82) is 0 Å². The summed E-state index contributed by atoms with van der Waals surface area (Å²) in [7, 11) is -0.675. The maximum absolute atomic E-state index is 11.8. The predicted octanol–water partition coefficient (Wildman–Crippen LogP) is 0.438. The molecule has 1 aromatic rings. The first-order valence-corrected chi connectivity index (χ1v) is 8.25. The highest BCUT2D eigenvalue weighted by molar-refractivity contribution is 7.89. The van der Waals surface area contributed by atoms with E-state index in [0.29, 0.717) is 18.1 Å². The lowest BCUT2D eigenvalue weighted by Crippen LogP contribution is -2.43. The van der Waals surface area contributed by atoms with Gasteiger partial charge in [-0.05, 0) is 31.5 Å². The van der Waals surface area contributed by atoms with Crippen LogP contribution in [0.3, 0.4) is 0 Å². The summed E-state index contributed by atoms with van der Waals surface area (Å²) < 4.78 is 30.6. The molecule has 1 amide bonds. The smallest absolute Gasteiger partial charge is 0.273 e. The lowest BCUT2D eigenvalue weighted by atomic mass is 10.0. The van der Waals surface area contributed by atoms with Crippen molar-refractivity contribution in [3.8, 4) is 0 Å². The van der Waals surface area contributed by atoms with Crippen LogP contribution in [0.2, 0.25) is 0 Å². The normalized spacial score (nSPS) is 13.4. The number of hydrogen-bond acceptors (Lipinski definition) is 5. The minimum Gasteiger partial charge on any atom is -0.447 e. The van der Waals surface area contributed by atoms with Gasteiger partial charge in [0.05, 0.1) is 12.6 Å². The minimum absolute atomic E-state index is 0.0988. The zero-order valence-corrected chi connectivity index (χ0v) is 13.6. The first-order chi connectivity index (χ1) is 9.80. The van der Waals surface area contributed by atoms with Gasteiger partial charge >= 0.3 is 0 Å². The van der Waals surface area contributed by atoms with Crippen molar-refractivity contribution >= 4 is 15.9 Å². The number of hydrogen-bond donors (Lipinski definition) is 3. The number of furan rings is 1. The van der Waals surface area contributed by atoms with Crippen molar-refractivity contribution in [1.82, 2.24) is 15.4 Å². The average molecular weight is 317 g/mol. The first kappa shape index (κ1) is 17.7. The van der Waals surface area contributed by atoms with Crippen molar-refractivity contribution in [3.05, 3.63) is 17.9 Å². The van der Waals surface area contributed by atoms with E-state index < -0.39 is 10.0 Å². The van der Waals surface area contributed by atoms with Crippen molar-refractivity contribution in [2.75, 3.05) is 14.1 Å². The summed E-state index contributed by atoms with van der Waals surface area (Å²) in [5, 5.41) is 5.55. The average Bonchev–Trinajstić information content (AvgIpc) is 2.91. The number of amides is 1. The largest absolute Gasteiger partial charge is 0.447 e. The number of nitrogens with one attached hydrogen (secondary N) is 3. The van der Waals surface area contributed by atoms with Crippen LogP contribution in [0.5, 0.6) is 0 Å². The van der Waals surface area contributed by atoms with Gasteiger partial charge < -0.3 is 9.73 Å². The Labute approximate surface area is 125 Å². The molecule has 1 unspecified atom stereocenters. The fourth-order valence-corrected chi connectivity index (χ4v) is 2.52. The van der Waals surface area contributed by atoms with Crippen LogP contribution in [-0.2, 0) is 21.4 Å². The molecule has 0 aliphatic rings. The van der Waals surface area contributed by atoms with E-state index in [2.05, 4.69) is 15.4 Å². The molecule has 0 saturated carbocycles. The quantitative estimate of drug-likeness (QED) is 0.646. The Morgan fingerprint density at radius 2 is 1.95 bits per heavy atom. The fraction of sp³-hybridized carbons (Fsp3) is 0.615. The Morgan fingerprint density at radius 3 is 2.48 bits per heavy atom. The lowest BCUT2D eigenvalue weighted by molar-refractivity contribution is -0.123. The van der Waals surface area contributed by atoms with Gasteiger partial charge in [0.1, 0.15) is 5.76 Å². The highest BCUT2D eigenvalue weighted by atomic mass is 32.2. The Balaban J connectivity index is 2.70. The molecule has 0 fully saturated rings. The van der Waals surface area contributed by atoms with Crippen LogP contribution >= 0.6 is 0 Å². The van der Waals surface area contributed by atoms with Crippen LogP contribution < -0.4 is 15.4 Å². The van der Waals surface area contributed by atoms with Crippen LogP contribution in [0.1, 0.15) is 26.0 Å². The Kier molecular flexibility index (Phi) is 6.38. The first-order valence-electron chi connectivity index (χ1n) is 6.77. The second kappa shape index (κ2) is 7.58. The zero-order valence-electron chi connectivity index (χ0n) is 12.8. The van der Waals surface area contributed by atoms with Crippen molar-refractivity contribution in [2.45, 2.75) is 37.9 Å². The van der Waals surface area contributed by atoms with E-state index >= 15 is 0 Å². The highest BCUT2D eigenvalue weighted by Crippen LogP contribution is 2.14. The van der Waals surface area contributed by atoms with Crippen LogP contribution in [-0.4, -0.2) is 34.5 Å². The standard InChI is InChI=1S/C13H23N3O4S/c1-9(2)7-11(13(17)14-3)16-8-10-5-6-12(20-10)21(18,19)15-4/h5-6,9,11,15-16H,7-8H2,1-4H3,(H,14,17). The molecule has 120 valence electrons. The summed E-state index contributed by atoms with van der Waals surface area (Å²) >= 11 is 0. The maximum Gasteiger partial charge on any atom is 0.273 e. The summed E-state index contributed by atoms with van der Waals surface area (Å²) in [4.78, 5) is 11.8. The second-order valence-electron chi connectivity index (χ2n) is 5.11. The fourth-order valence-electron chi connectivity index (χ4n) is 1.85. The lowest BCUT2D eigenvalue weighted by Gasteiger charge is -2.18. The Bertz CT molecular complexity index is 566. The Hall–Kier alpha value is -1.38. The zero-order chi connectivity index (χ0) is 16.0. The van der Waals surface area contributed by atoms with Crippen LogP contribution in [0.25, 0.3) is 0 Å². The van der Waals surface area contributed by atoms with Gasteiger partial charge in [-0.25, -0.2) is 13.1 Å². The summed E-state index contributed by atoms with van der Waals surface area (Å²) in [6.45, 7) is 4.34. The molecule has 0 aliphatic heterocycles. The minimum atomic E-state index is -3.58. The van der Waals surface area contributed by atoms with E-state index in [1.165, 1.54) is 13.1 Å². The molecule has 0 bridgehead atoms. The number of carbonyl (C=O) groups is 1. The summed E-state index contributed by atoms with van der Waals surface area (Å²) in [5.74, 6) is 0.719. The molecule has 0 spiro atoms. The highest BCUT2D eigenvalue weighted by Gasteiger charge is 2.20. The maximum atomic E-state index is 11.8. The van der Waals surface area contributed by atoms with Crippen molar-refractivity contribution in [3.63, 3.8) is 0 Å². The molecular weight excluding hydrogens is 294 g/mol. The number of rotatable bonds is 8. The molecule has 1 rings (SSSR count). The van der Waals surface area contributed by atoms with Gasteiger partial charge in [0.2, 0.25) is 11.0 Å². The van der Waals surface area contributed by atoms with Crippen LogP contribution in [0.4, 0.5) is 0 Å². The number of carbonyl (C=O) groups excluding carboxylic acids is 1. The predicted molar refractivity (Wildman–Crippen MR) is 79.1 cm³/mol. The molecule has 0 saturated heterocycles. The SMILES string of the molecule is CNC(=O)C(CC(C)C)NCc1ccc(S(=O)(=O)NC)o1. The van der Waals surface area contributed by atoms with E-state index in [1.807, 2.05) is 13.8 Å². The van der Waals surface area contributed by atoms with E-state index in [-0.39, 0.29) is 23.6 Å². The van der Waals surface area contributed by atoms with E-state index in [4.69, 9.17) is 4.42 Å². The van der Waals surface area contributed by atoms with Gasteiger partial charge in [0.25, 0.3) is 10.0 Å². The topological polar surface area (TPSA) is 100 Å². The van der Waals surface area contributed by atoms with Gasteiger partial charge in [-0.3, -0.25) is 10.1 Å². The second-order valence-corrected chi connectivity index (χ2v) is 6.92. The third kappa shape index (κ3) is 5.14. The van der Waals surface area contributed by atoms with Gasteiger partial charge in [0, 0.05) is 7.05 Å². The van der Waals surface area contributed by atoms with Crippen molar-refractivity contribution < 1.29 is 17.6 Å². The molecule has 0 aromatic carbocycles. The molecule has 0 radical (unpaired) electrons. The van der Waals surface area contributed by atoms with Gasteiger partial charge in [-0.15, -0.1) is 0 Å². The molecule has 21 heavy (non-hydrogen) atoms. The van der Waals surface area contributed by atoms with Crippen LogP contribution in [0.15, 0.2) is 21.6 Å². The summed E-state index contributed by atoms with van der Waals surface area (Å²) in [6, 6.07) is 2.62. The number of likely N-dealkylation sites (N-methyl/N-ethyl adjacent to an activating group) is 1. The number of sulfonamides is 1. The van der Waals surface area contributed by atoms with Gasteiger partial charge in [0.15, 0.2) is 0 Å². The molecule has 3 N–H and O–H groups in total. The van der Waals surface area contributed by atoms with E-state index in [9.17, 15) is 13.2 Å². The molecule has 1 heterocycles. The molecule has 0 aliphatic carbocycles. The Morgan fingerprint density at radius 1 is 1.29 bits per heavy atom. The third-order valence-corrected chi connectivity index (χ3v) is 4.25. The summed E-state index contributed by atoms with van der Waals surface area (Å²) in [6.07, 6.45) is 0.683. The molecular formula is C13H23N3O4S. The van der Waals surface area contributed by atoms with Gasteiger partial charge in [-0.2, -0.15) is 0 Å². The van der Waals surface area contributed by atoms with Crippen molar-refractivity contribution in [2.24, 2.45) is 5.92 Å². The molecule has 8 heteroatoms. The molecule has 1 atom stereocenters. The molecule has 1 aromatic heterocycles. The monoisotopic (exact) mass is 317 g/mol. The molecule has 7 nitrogen and oxygen atoms in total. The van der Waals surface area contributed by atoms with E-state index in [1.54, 1.807) is 13.1 Å². The van der Waals surface area contributed by atoms with Crippen LogP contribution in [0, 0.1) is 5.92 Å².